The van der Waals surface area contributed by atoms with Crippen molar-refractivity contribution in [2.45, 2.75) is 64.3 Å². The molecule has 0 bridgehead atoms. The fourth-order valence-corrected chi connectivity index (χ4v) is 4.64. The van der Waals surface area contributed by atoms with Crippen LogP contribution in [0.2, 0.25) is 0 Å². The molecule has 2 N–H and O–H groups in total. The van der Waals surface area contributed by atoms with Crippen molar-refractivity contribution in [2.75, 3.05) is 45.3 Å². The summed E-state index contributed by atoms with van der Waals surface area (Å²) in [4.78, 5) is 11.5. The van der Waals surface area contributed by atoms with E-state index < -0.39 is 0 Å². The Morgan fingerprint density at radius 1 is 1.10 bits per heavy atom. The van der Waals surface area contributed by atoms with E-state index in [4.69, 9.17) is 9.72 Å². The second-order valence-corrected chi connectivity index (χ2v) is 8.66. The van der Waals surface area contributed by atoms with Gasteiger partial charge in [0.25, 0.3) is 0 Å². The number of guanidine groups is 1. The van der Waals surface area contributed by atoms with Crippen LogP contribution < -0.4 is 15.5 Å². The van der Waals surface area contributed by atoms with Gasteiger partial charge in [0.1, 0.15) is 5.82 Å². The van der Waals surface area contributed by atoms with Crippen molar-refractivity contribution in [3.05, 3.63) is 23.9 Å². The maximum atomic E-state index is 5.34. The first kappa shape index (κ1) is 21.9. The van der Waals surface area contributed by atoms with Crippen molar-refractivity contribution < 1.29 is 4.74 Å². The van der Waals surface area contributed by atoms with Gasteiger partial charge in [0.2, 0.25) is 0 Å². The molecule has 0 unspecified atom stereocenters. The summed E-state index contributed by atoms with van der Waals surface area (Å²) >= 11 is 0. The quantitative estimate of drug-likeness (QED) is 0.513. The largest absolute Gasteiger partial charge is 0.385 e. The predicted molar refractivity (Wildman–Crippen MR) is 121 cm³/mol. The van der Waals surface area contributed by atoms with Crippen LogP contribution in [-0.4, -0.2) is 51.3 Å². The third-order valence-corrected chi connectivity index (χ3v) is 6.55. The Morgan fingerprint density at radius 3 is 2.48 bits per heavy atom. The van der Waals surface area contributed by atoms with Crippen LogP contribution in [0.3, 0.4) is 0 Å². The van der Waals surface area contributed by atoms with Crippen LogP contribution >= 0.6 is 0 Å². The van der Waals surface area contributed by atoms with Gasteiger partial charge < -0.3 is 20.3 Å². The number of pyridine rings is 1. The van der Waals surface area contributed by atoms with Crippen molar-refractivity contribution in [3.8, 4) is 0 Å². The Kier molecular flexibility index (Phi) is 8.59. The van der Waals surface area contributed by atoms with Crippen molar-refractivity contribution in [2.24, 2.45) is 10.4 Å². The lowest BCUT2D eigenvalue weighted by molar-refractivity contribution is 0.138. The van der Waals surface area contributed by atoms with Gasteiger partial charge in [-0.25, -0.2) is 4.98 Å². The first-order chi connectivity index (χ1) is 14.2. The summed E-state index contributed by atoms with van der Waals surface area (Å²) in [7, 11) is 3.63. The Labute approximate surface area is 176 Å². The van der Waals surface area contributed by atoms with E-state index in [-0.39, 0.29) is 0 Å². The number of aliphatic imine (C=N–C) groups is 1. The standard InChI is InChI=1S/C23H39N5O/c1-24-22(27-19-23(13-16-29-2)11-5-6-12-23)26-18-20-9-10-21(25-17-20)28-14-7-3-4-8-15-28/h9-10,17H,3-8,11-16,18-19H2,1-2H3,(H2,24,26,27). The van der Waals surface area contributed by atoms with Gasteiger partial charge in [-0.05, 0) is 49.1 Å². The molecule has 2 aliphatic rings. The molecular weight excluding hydrogens is 362 g/mol. The molecule has 6 nitrogen and oxygen atoms in total. The first-order valence-electron chi connectivity index (χ1n) is 11.4. The molecule has 29 heavy (non-hydrogen) atoms. The van der Waals surface area contributed by atoms with E-state index in [1.807, 2.05) is 13.2 Å². The number of nitrogens with one attached hydrogen (secondary N) is 2. The van der Waals surface area contributed by atoms with Gasteiger partial charge in [-0.1, -0.05) is 31.7 Å². The first-order valence-corrected chi connectivity index (χ1v) is 11.4. The van der Waals surface area contributed by atoms with Gasteiger partial charge in [-0.3, -0.25) is 4.99 Å². The van der Waals surface area contributed by atoms with E-state index >= 15 is 0 Å². The summed E-state index contributed by atoms with van der Waals surface area (Å²) in [5.74, 6) is 1.98. The van der Waals surface area contributed by atoms with Crippen molar-refractivity contribution in [1.29, 1.82) is 0 Å². The highest BCUT2D eigenvalue weighted by molar-refractivity contribution is 5.79. The number of nitrogens with zero attached hydrogens (tertiary/aromatic N) is 3. The van der Waals surface area contributed by atoms with E-state index in [0.717, 1.165) is 51.0 Å². The summed E-state index contributed by atoms with van der Waals surface area (Å²) in [6.07, 6.45) is 13.6. The lowest BCUT2D eigenvalue weighted by Crippen LogP contribution is -2.43. The third kappa shape index (κ3) is 6.59. The second kappa shape index (κ2) is 11.4. The number of ether oxygens (including phenoxy) is 1. The van der Waals surface area contributed by atoms with E-state index in [0.29, 0.717) is 5.41 Å². The maximum absolute atomic E-state index is 5.34. The fraction of sp³-hybridized carbons (Fsp3) is 0.739. The van der Waals surface area contributed by atoms with Crippen LogP contribution in [0, 0.1) is 5.41 Å². The fourth-order valence-electron chi connectivity index (χ4n) is 4.64. The van der Waals surface area contributed by atoms with E-state index in [1.54, 1.807) is 7.11 Å². The topological polar surface area (TPSA) is 61.8 Å². The summed E-state index contributed by atoms with van der Waals surface area (Å²) in [5, 5.41) is 7.00. The normalized spacial score (nSPS) is 19.8. The highest BCUT2D eigenvalue weighted by atomic mass is 16.5. The minimum atomic E-state index is 0.351. The SMILES string of the molecule is CN=C(NCc1ccc(N2CCCCCC2)nc1)NCC1(CCOC)CCCC1. The molecule has 0 radical (unpaired) electrons. The number of rotatable bonds is 8. The Hall–Kier alpha value is -1.82. The zero-order valence-corrected chi connectivity index (χ0v) is 18.4. The van der Waals surface area contributed by atoms with Crippen LogP contribution in [0.4, 0.5) is 5.82 Å². The van der Waals surface area contributed by atoms with Crippen molar-refractivity contribution in [1.82, 2.24) is 15.6 Å². The monoisotopic (exact) mass is 401 g/mol. The van der Waals surface area contributed by atoms with E-state index in [1.165, 1.54) is 56.9 Å². The molecule has 1 aliphatic heterocycles. The number of hydrogen-bond acceptors (Lipinski definition) is 4. The zero-order valence-electron chi connectivity index (χ0n) is 18.4. The Balaban J connectivity index is 1.47. The molecule has 0 spiro atoms. The van der Waals surface area contributed by atoms with Crippen LogP contribution in [0.25, 0.3) is 0 Å². The molecule has 0 aromatic carbocycles. The molecule has 1 saturated carbocycles. The summed E-state index contributed by atoms with van der Waals surface area (Å²) in [5.41, 5.74) is 1.53. The minimum absolute atomic E-state index is 0.351. The molecule has 1 aromatic heterocycles. The zero-order chi connectivity index (χ0) is 20.4. The number of aromatic nitrogens is 1. The van der Waals surface area contributed by atoms with Gasteiger partial charge in [0, 0.05) is 53.1 Å². The van der Waals surface area contributed by atoms with Gasteiger partial charge in [-0.2, -0.15) is 0 Å². The lowest BCUT2D eigenvalue weighted by Gasteiger charge is -2.30. The second-order valence-electron chi connectivity index (χ2n) is 8.66. The molecule has 3 rings (SSSR count). The summed E-state index contributed by atoms with van der Waals surface area (Å²) in [6.45, 7) is 4.79. The van der Waals surface area contributed by atoms with Gasteiger partial charge >= 0.3 is 0 Å². The molecule has 162 valence electrons. The molecule has 2 fully saturated rings. The van der Waals surface area contributed by atoms with Crippen LogP contribution in [0.1, 0.15) is 63.4 Å². The summed E-state index contributed by atoms with van der Waals surface area (Å²) < 4.78 is 5.34. The molecule has 1 saturated heterocycles. The van der Waals surface area contributed by atoms with Crippen LogP contribution in [0.15, 0.2) is 23.3 Å². The molecular formula is C23H39N5O. The summed E-state index contributed by atoms with van der Waals surface area (Å²) in [6, 6.07) is 4.35. The highest BCUT2D eigenvalue weighted by Crippen LogP contribution is 2.40. The van der Waals surface area contributed by atoms with E-state index in [9.17, 15) is 0 Å². The van der Waals surface area contributed by atoms with Crippen LogP contribution in [-0.2, 0) is 11.3 Å². The minimum Gasteiger partial charge on any atom is -0.385 e. The predicted octanol–water partition coefficient (Wildman–Crippen LogP) is 3.72. The molecule has 0 atom stereocenters. The van der Waals surface area contributed by atoms with Gasteiger partial charge in [-0.15, -0.1) is 0 Å². The van der Waals surface area contributed by atoms with E-state index in [2.05, 4.69) is 32.7 Å². The van der Waals surface area contributed by atoms with Gasteiger partial charge in [0.05, 0.1) is 0 Å². The molecule has 2 heterocycles. The lowest BCUT2D eigenvalue weighted by atomic mass is 9.83. The van der Waals surface area contributed by atoms with Crippen LogP contribution in [0.5, 0.6) is 0 Å². The average Bonchev–Trinajstić information content (AvgIpc) is 3.05. The number of methoxy groups -OCH3 is 1. The molecule has 1 aliphatic carbocycles. The van der Waals surface area contributed by atoms with Crippen molar-refractivity contribution >= 4 is 11.8 Å². The molecule has 0 amide bonds. The highest BCUT2D eigenvalue weighted by Gasteiger charge is 2.33. The number of anilines is 1. The maximum Gasteiger partial charge on any atom is 0.191 e. The smallest absolute Gasteiger partial charge is 0.191 e. The van der Waals surface area contributed by atoms with Crippen molar-refractivity contribution in [3.63, 3.8) is 0 Å². The van der Waals surface area contributed by atoms with Gasteiger partial charge in [0.15, 0.2) is 5.96 Å². The molecule has 1 aromatic rings. The Morgan fingerprint density at radius 2 is 1.86 bits per heavy atom. The average molecular weight is 402 g/mol. The Bertz CT molecular complexity index is 617. The number of hydrogen-bond donors (Lipinski definition) is 2. The molecule has 6 heteroatoms. The third-order valence-electron chi connectivity index (χ3n) is 6.55.